The zero-order chi connectivity index (χ0) is 13.1. The van der Waals surface area contributed by atoms with E-state index >= 15 is 0 Å². The van der Waals surface area contributed by atoms with Crippen molar-refractivity contribution in [3.8, 4) is 0 Å². The standard InChI is InChI=1S/C9H8N4O4S/c14-5(15)1-4(9(16)17)18-8-6-7(11-2-10-6)12-3-13-8/h2-4H,1H2,(H,14,15)(H,16,17)(H,10,11,12,13). The Morgan fingerprint density at radius 3 is 2.78 bits per heavy atom. The van der Waals surface area contributed by atoms with E-state index in [1.54, 1.807) is 0 Å². The van der Waals surface area contributed by atoms with Crippen LogP contribution in [0.4, 0.5) is 0 Å². The third-order valence-corrected chi connectivity index (χ3v) is 3.26. The van der Waals surface area contributed by atoms with Gasteiger partial charge in [0, 0.05) is 0 Å². The molecule has 0 spiro atoms. The molecule has 0 bridgehead atoms. The van der Waals surface area contributed by atoms with Crippen LogP contribution in [0.25, 0.3) is 11.2 Å². The van der Waals surface area contributed by atoms with Crippen LogP contribution in [0.2, 0.25) is 0 Å². The number of rotatable bonds is 5. The first kappa shape index (κ1) is 12.3. The van der Waals surface area contributed by atoms with Gasteiger partial charge in [0.2, 0.25) is 0 Å². The van der Waals surface area contributed by atoms with E-state index in [2.05, 4.69) is 19.9 Å². The predicted molar refractivity (Wildman–Crippen MR) is 61.2 cm³/mol. The second kappa shape index (κ2) is 5.00. The van der Waals surface area contributed by atoms with Crippen molar-refractivity contribution in [3.63, 3.8) is 0 Å². The number of hydrogen-bond donors (Lipinski definition) is 3. The van der Waals surface area contributed by atoms with Crippen molar-refractivity contribution in [3.05, 3.63) is 12.7 Å². The third-order valence-electron chi connectivity index (χ3n) is 2.08. The molecule has 0 aromatic carbocycles. The highest BCUT2D eigenvalue weighted by Crippen LogP contribution is 2.27. The lowest BCUT2D eigenvalue weighted by Gasteiger charge is -2.08. The van der Waals surface area contributed by atoms with Crippen molar-refractivity contribution in [1.29, 1.82) is 0 Å². The van der Waals surface area contributed by atoms with E-state index in [0.29, 0.717) is 16.2 Å². The van der Waals surface area contributed by atoms with Crippen molar-refractivity contribution in [2.75, 3.05) is 0 Å². The van der Waals surface area contributed by atoms with Gasteiger partial charge in [0.1, 0.15) is 22.1 Å². The van der Waals surface area contributed by atoms with E-state index in [9.17, 15) is 9.59 Å². The number of nitrogens with one attached hydrogen (secondary N) is 1. The van der Waals surface area contributed by atoms with Gasteiger partial charge in [0.25, 0.3) is 0 Å². The first-order valence-corrected chi connectivity index (χ1v) is 5.71. The van der Waals surface area contributed by atoms with Gasteiger partial charge in [-0.2, -0.15) is 0 Å². The highest BCUT2D eigenvalue weighted by Gasteiger charge is 2.24. The Morgan fingerprint density at radius 2 is 2.11 bits per heavy atom. The molecule has 18 heavy (non-hydrogen) atoms. The lowest BCUT2D eigenvalue weighted by molar-refractivity contribution is -0.142. The maximum Gasteiger partial charge on any atom is 0.317 e. The summed E-state index contributed by atoms with van der Waals surface area (Å²) in [5, 5.41) is 16.9. The molecule has 8 nitrogen and oxygen atoms in total. The Kier molecular flexibility index (Phi) is 3.42. The third kappa shape index (κ3) is 2.56. The number of carboxylic acid groups (broad SMARTS) is 2. The van der Waals surface area contributed by atoms with Crippen molar-refractivity contribution in [2.45, 2.75) is 16.7 Å². The largest absolute Gasteiger partial charge is 0.481 e. The van der Waals surface area contributed by atoms with Crippen LogP contribution in [-0.2, 0) is 9.59 Å². The topological polar surface area (TPSA) is 129 Å². The number of thioether (sulfide) groups is 1. The van der Waals surface area contributed by atoms with E-state index < -0.39 is 23.6 Å². The molecule has 2 rings (SSSR count). The average molecular weight is 268 g/mol. The van der Waals surface area contributed by atoms with E-state index in [1.807, 2.05) is 0 Å². The molecule has 0 aliphatic rings. The molecule has 0 fully saturated rings. The summed E-state index contributed by atoms with van der Waals surface area (Å²) in [7, 11) is 0. The van der Waals surface area contributed by atoms with Gasteiger partial charge in [-0.3, -0.25) is 9.59 Å². The smallest absolute Gasteiger partial charge is 0.317 e. The number of aromatic nitrogens is 4. The number of hydrogen-bond acceptors (Lipinski definition) is 6. The first-order chi connectivity index (χ1) is 8.58. The van der Waals surface area contributed by atoms with Crippen LogP contribution in [0.1, 0.15) is 6.42 Å². The van der Waals surface area contributed by atoms with Gasteiger partial charge < -0.3 is 15.2 Å². The monoisotopic (exact) mass is 268 g/mol. The van der Waals surface area contributed by atoms with E-state index in [0.717, 1.165) is 11.8 Å². The molecule has 0 saturated heterocycles. The zero-order valence-corrected chi connectivity index (χ0v) is 9.72. The van der Waals surface area contributed by atoms with Gasteiger partial charge in [-0.25, -0.2) is 15.0 Å². The molecule has 3 N–H and O–H groups in total. The maximum absolute atomic E-state index is 11.0. The van der Waals surface area contributed by atoms with Gasteiger partial charge in [0.05, 0.1) is 12.7 Å². The van der Waals surface area contributed by atoms with Crippen molar-refractivity contribution < 1.29 is 19.8 Å². The predicted octanol–water partition coefficient (Wildman–Crippen LogP) is 0.373. The summed E-state index contributed by atoms with van der Waals surface area (Å²) in [4.78, 5) is 36.1. The van der Waals surface area contributed by atoms with Gasteiger partial charge in [0.15, 0.2) is 5.65 Å². The molecular formula is C9H8N4O4S. The Balaban J connectivity index is 2.28. The lowest BCUT2D eigenvalue weighted by Crippen LogP contribution is -2.20. The van der Waals surface area contributed by atoms with Crippen LogP contribution in [0, 0.1) is 0 Å². The number of fused-ring (bicyclic) bond motifs is 1. The summed E-state index contributed by atoms with van der Waals surface area (Å²) in [6.45, 7) is 0. The van der Waals surface area contributed by atoms with Gasteiger partial charge in [-0.15, -0.1) is 0 Å². The summed E-state index contributed by atoms with van der Waals surface area (Å²) in [6, 6.07) is 0. The molecular weight excluding hydrogens is 260 g/mol. The second-order valence-corrected chi connectivity index (χ2v) is 4.51. The van der Waals surface area contributed by atoms with Crippen LogP contribution in [0.5, 0.6) is 0 Å². The molecule has 0 aliphatic carbocycles. The van der Waals surface area contributed by atoms with Gasteiger partial charge in [-0.1, -0.05) is 11.8 Å². The number of aromatic amines is 1. The molecule has 0 aliphatic heterocycles. The number of imidazole rings is 1. The number of aliphatic carboxylic acids is 2. The molecule has 0 radical (unpaired) electrons. The minimum absolute atomic E-state index is 0.367. The maximum atomic E-state index is 11.0. The minimum Gasteiger partial charge on any atom is -0.481 e. The number of nitrogens with zero attached hydrogens (tertiary/aromatic N) is 3. The quantitative estimate of drug-likeness (QED) is 0.524. The summed E-state index contributed by atoms with van der Waals surface area (Å²) in [6.07, 6.45) is 2.18. The fourth-order valence-corrected chi connectivity index (χ4v) is 2.28. The van der Waals surface area contributed by atoms with Crippen LogP contribution in [0.15, 0.2) is 17.7 Å². The van der Waals surface area contributed by atoms with Crippen LogP contribution in [-0.4, -0.2) is 47.3 Å². The second-order valence-electron chi connectivity index (χ2n) is 3.32. The highest BCUT2D eigenvalue weighted by molar-refractivity contribution is 8.00. The molecule has 1 atom stereocenters. The molecule has 0 saturated carbocycles. The van der Waals surface area contributed by atoms with Gasteiger partial charge >= 0.3 is 11.9 Å². The molecule has 2 aromatic heterocycles. The molecule has 2 aromatic rings. The Morgan fingerprint density at radius 1 is 1.33 bits per heavy atom. The molecule has 0 amide bonds. The Hall–Kier alpha value is -2.16. The molecule has 2 heterocycles. The van der Waals surface area contributed by atoms with E-state index in [1.165, 1.54) is 12.7 Å². The molecule has 9 heteroatoms. The number of carboxylic acids is 2. The highest BCUT2D eigenvalue weighted by atomic mass is 32.2. The van der Waals surface area contributed by atoms with E-state index in [-0.39, 0.29) is 0 Å². The number of H-pyrrole nitrogens is 1. The SMILES string of the molecule is O=C(O)CC(Sc1ncnc2nc[nH]c12)C(=O)O. The molecule has 1 unspecified atom stereocenters. The Bertz CT molecular complexity index is 599. The Labute approximate surface area is 104 Å². The first-order valence-electron chi connectivity index (χ1n) is 4.83. The minimum atomic E-state index is -1.20. The van der Waals surface area contributed by atoms with Gasteiger partial charge in [-0.05, 0) is 0 Å². The van der Waals surface area contributed by atoms with Crippen LogP contribution in [0.3, 0.4) is 0 Å². The summed E-state index contributed by atoms with van der Waals surface area (Å²) >= 11 is 0.857. The summed E-state index contributed by atoms with van der Waals surface area (Å²) < 4.78 is 0. The summed E-state index contributed by atoms with van der Waals surface area (Å²) in [5.41, 5.74) is 0.908. The van der Waals surface area contributed by atoms with Crippen molar-refractivity contribution in [2.24, 2.45) is 0 Å². The van der Waals surface area contributed by atoms with E-state index in [4.69, 9.17) is 10.2 Å². The lowest BCUT2D eigenvalue weighted by atomic mass is 10.3. The summed E-state index contributed by atoms with van der Waals surface area (Å²) in [5.74, 6) is -2.38. The fraction of sp³-hybridized carbons (Fsp3) is 0.222. The van der Waals surface area contributed by atoms with Crippen molar-refractivity contribution in [1.82, 2.24) is 19.9 Å². The average Bonchev–Trinajstić information content (AvgIpc) is 2.76. The normalized spacial score (nSPS) is 12.4. The van der Waals surface area contributed by atoms with Crippen molar-refractivity contribution >= 4 is 34.9 Å². The fourth-order valence-electron chi connectivity index (χ4n) is 1.30. The molecule has 94 valence electrons. The number of carbonyl (C=O) groups is 2. The zero-order valence-electron chi connectivity index (χ0n) is 8.90. The van der Waals surface area contributed by atoms with Crippen LogP contribution < -0.4 is 0 Å². The van der Waals surface area contributed by atoms with Crippen LogP contribution >= 0.6 is 11.8 Å².